The molecule has 104 valence electrons. The second-order valence-electron chi connectivity index (χ2n) is 5.10. The highest BCUT2D eigenvalue weighted by Crippen LogP contribution is 2.39. The Kier molecular flexibility index (Phi) is 3.50. The van der Waals surface area contributed by atoms with Gasteiger partial charge in [-0.15, -0.1) is 0 Å². The van der Waals surface area contributed by atoms with Gasteiger partial charge in [0.25, 0.3) is 0 Å². The third-order valence-electron chi connectivity index (χ3n) is 3.52. The summed E-state index contributed by atoms with van der Waals surface area (Å²) >= 11 is 3.22. The van der Waals surface area contributed by atoms with Crippen molar-refractivity contribution in [2.24, 2.45) is 0 Å². The van der Waals surface area contributed by atoms with E-state index in [1.165, 1.54) is 5.56 Å². The maximum Gasteiger partial charge on any atom is 0.165 e. The molecule has 0 saturated heterocycles. The monoisotopic (exact) mass is 338 g/mol. The zero-order valence-electron chi connectivity index (χ0n) is 10.9. The van der Waals surface area contributed by atoms with Crippen LogP contribution in [-0.2, 0) is 12.8 Å². The molecule has 1 atom stereocenters. The molecule has 0 N–H and O–H groups in total. The molecule has 0 saturated carbocycles. The highest BCUT2D eigenvalue weighted by atomic mass is 79.9. The van der Waals surface area contributed by atoms with Crippen molar-refractivity contribution in [2.75, 3.05) is 0 Å². The maximum atomic E-state index is 13.8. The molecule has 1 nitrogen and oxygen atoms in total. The van der Waals surface area contributed by atoms with Gasteiger partial charge in [0.05, 0.1) is 4.47 Å². The summed E-state index contributed by atoms with van der Waals surface area (Å²) in [5.41, 5.74) is 2.65. The van der Waals surface area contributed by atoms with Crippen LogP contribution in [0.25, 0.3) is 0 Å². The Morgan fingerprint density at radius 1 is 1.25 bits per heavy atom. The molecule has 0 fully saturated rings. The van der Waals surface area contributed by atoms with Crippen molar-refractivity contribution in [3.8, 4) is 5.75 Å². The first-order valence-corrected chi connectivity index (χ1v) is 7.22. The molecule has 1 aliphatic heterocycles. The van der Waals surface area contributed by atoms with Crippen molar-refractivity contribution in [1.29, 1.82) is 0 Å². The quantitative estimate of drug-likeness (QED) is 0.728. The molecule has 0 aromatic heterocycles. The molecule has 0 bridgehead atoms. The fourth-order valence-electron chi connectivity index (χ4n) is 2.47. The molecular formula is C16H13BrF2O. The number of hydrogen-bond donors (Lipinski definition) is 0. The topological polar surface area (TPSA) is 9.23 Å². The van der Waals surface area contributed by atoms with Crippen molar-refractivity contribution in [3.63, 3.8) is 0 Å². The largest absolute Gasteiger partial charge is 0.488 e. The summed E-state index contributed by atoms with van der Waals surface area (Å²) in [5, 5.41) is 0. The van der Waals surface area contributed by atoms with Gasteiger partial charge >= 0.3 is 0 Å². The Labute approximate surface area is 124 Å². The van der Waals surface area contributed by atoms with Gasteiger partial charge in [-0.05, 0) is 34.5 Å². The Morgan fingerprint density at radius 3 is 2.65 bits per heavy atom. The van der Waals surface area contributed by atoms with Crippen LogP contribution in [0, 0.1) is 18.6 Å². The third-order valence-corrected chi connectivity index (χ3v) is 4.11. The van der Waals surface area contributed by atoms with Crippen LogP contribution >= 0.6 is 15.9 Å². The molecule has 4 heteroatoms. The third kappa shape index (κ3) is 2.44. The summed E-state index contributed by atoms with van der Waals surface area (Å²) in [6.45, 7) is 2.03. The molecule has 1 aliphatic rings. The molecular weight excluding hydrogens is 326 g/mol. The fourth-order valence-corrected chi connectivity index (χ4v) is 3.01. The second-order valence-corrected chi connectivity index (χ2v) is 5.95. The minimum atomic E-state index is -0.838. The van der Waals surface area contributed by atoms with Gasteiger partial charge in [-0.2, -0.15) is 0 Å². The summed E-state index contributed by atoms with van der Waals surface area (Å²) in [6, 6.07) is 9.25. The first kappa shape index (κ1) is 13.6. The van der Waals surface area contributed by atoms with Gasteiger partial charge in [-0.25, -0.2) is 8.78 Å². The predicted octanol–water partition coefficient (Wildman–Crippen LogP) is 4.58. The van der Waals surface area contributed by atoms with E-state index in [1.807, 2.05) is 31.2 Å². The fraction of sp³-hybridized carbons (Fsp3) is 0.250. The predicted molar refractivity (Wildman–Crippen MR) is 77.1 cm³/mol. The average Bonchev–Trinajstić information content (AvgIpc) is 2.83. The molecule has 1 heterocycles. The molecule has 2 aromatic carbocycles. The lowest BCUT2D eigenvalue weighted by molar-refractivity contribution is 0.232. The van der Waals surface area contributed by atoms with Crippen LogP contribution in [0.1, 0.15) is 16.7 Å². The van der Waals surface area contributed by atoms with Crippen molar-refractivity contribution in [3.05, 3.63) is 63.1 Å². The van der Waals surface area contributed by atoms with E-state index in [-0.39, 0.29) is 6.10 Å². The van der Waals surface area contributed by atoms with Crippen LogP contribution in [-0.4, -0.2) is 6.10 Å². The molecule has 0 amide bonds. The average molecular weight is 339 g/mol. The van der Waals surface area contributed by atoms with E-state index in [0.717, 1.165) is 11.6 Å². The van der Waals surface area contributed by atoms with Crippen LogP contribution in [0.2, 0.25) is 0 Å². The smallest absolute Gasteiger partial charge is 0.165 e. The Morgan fingerprint density at radius 2 is 1.95 bits per heavy atom. The number of halogens is 3. The van der Waals surface area contributed by atoms with Crippen molar-refractivity contribution < 1.29 is 13.5 Å². The normalized spacial score (nSPS) is 16.9. The molecule has 0 spiro atoms. The minimum absolute atomic E-state index is 0.152. The Bertz CT molecular complexity index is 653. The summed E-state index contributed by atoms with van der Waals surface area (Å²) in [6.07, 6.45) is 0.925. The van der Waals surface area contributed by atoms with Crippen LogP contribution in [0.15, 0.2) is 34.8 Å². The standard InChI is InChI=1S/C16H13BrF2O/c1-9-2-4-10(5-3-9)6-11-7-12-15(19)14(18)8-13(17)16(12)20-11/h2-5,8,11H,6-7H2,1H3. The number of rotatable bonds is 2. The van der Waals surface area contributed by atoms with E-state index in [0.29, 0.717) is 28.6 Å². The first-order chi connectivity index (χ1) is 9.54. The lowest BCUT2D eigenvalue weighted by atomic mass is 10.0. The zero-order valence-corrected chi connectivity index (χ0v) is 12.5. The van der Waals surface area contributed by atoms with Gasteiger partial charge in [-0.3, -0.25) is 0 Å². The van der Waals surface area contributed by atoms with Crippen molar-refractivity contribution >= 4 is 15.9 Å². The number of benzene rings is 2. The van der Waals surface area contributed by atoms with E-state index in [2.05, 4.69) is 15.9 Å². The summed E-state index contributed by atoms with van der Waals surface area (Å²) in [5.74, 6) is -1.20. The van der Waals surface area contributed by atoms with E-state index in [4.69, 9.17) is 4.74 Å². The molecule has 2 aromatic rings. The highest BCUT2D eigenvalue weighted by molar-refractivity contribution is 9.10. The highest BCUT2D eigenvalue weighted by Gasteiger charge is 2.30. The van der Waals surface area contributed by atoms with Crippen LogP contribution in [0.4, 0.5) is 8.78 Å². The van der Waals surface area contributed by atoms with Gasteiger partial charge < -0.3 is 4.74 Å². The number of fused-ring (bicyclic) bond motifs is 1. The van der Waals surface area contributed by atoms with Gasteiger partial charge in [0.15, 0.2) is 11.6 Å². The molecule has 1 unspecified atom stereocenters. The second kappa shape index (κ2) is 5.17. The van der Waals surface area contributed by atoms with Crippen molar-refractivity contribution in [2.45, 2.75) is 25.9 Å². The lowest BCUT2D eigenvalue weighted by Gasteiger charge is -2.11. The summed E-state index contributed by atoms with van der Waals surface area (Å²) in [4.78, 5) is 0. The number of hydrogen-bond acceptors (Lipinski definition) is 1. The summed E-state index contributed by atoms with van der Waals surface area (Å²) < 4.78 is 33.4. The van der Waals surface area contributed by atoms with Crippen molar-refractivity contribution in [1.82, 2.24) is 0 Å². The zero-order chi connectivity index (χ0) is 14.3. The molecule has 3 rings (SSSR count). The van der Waals surface area contributed by atoms with Gasteiger partial charge in [0, 0.05) is 18.4 Å². The first-order valence-electron chi connectivity index (χ1n) is 6.43. The molecule has 20 heavy (non-hydrogen) atoms. The number of ether oxygens (including phenoxy) is 1. The number of aryl methyl sites for hydroxylation is 1. The SMILES string of the molecule is Cc1ccc(CC2Cc3c(F)c(F)cc(Br)c3O2)cc1. The van der Waals surface area contributed by atoms with Crippen LogP contribution < -0.4 is 4.74 Å². The minimum Gasteiger partial charge on any atom is -0.488 e. The summed E-state index contributed by atoms with van der Waals surface area (Å²) in [7, 11) is 0. The van der Waals surface area contributed by atoms with Gasteiger partial charge in [-0.1, -0.05) is 29.8 Å². The lowest BCUT2D eigenvalue weighted by Crippen LogP contribution is -2.16. The van der Waals surface area contributed by atoms with Gasteiger partial charge in [0.2, 0.25) is 0 Å². The van der Waals surface area contributed by atoms with Crippen LogP contribution in [0.3, 0.4) is 0 Å². The Hall–Kier alpha value is -1.42. The maximum absolute atomic E-state index is 13.8. The molecule has 0 radical (unpaired) electrons. The van der Waals surface area contributed by atoms with E-state index < -0.39 is 11.6 Å². The van der Waals surface area contributed by atoms with E-state index in [1.54, 1.807) is 0 Å². The van der Waals surface area contributed by atoms with Crippen LogP contribution in [0.5, 0.6) is 5.75 Å². The Balaban J connectivity index is 1.82. The van der Waals surface area contributed by atoms with E-state index >= 15 is 0 Å². The van der Waals surface area contributed by atoms with Gasteiger partial charge in [0.1, 0.15) is 11.9 Å². The van der Waals surface area contributed by atoms with E-state index in [9.17, 15) is 8.78 Å². The molecule has 0 aliphatic carbocycles.